The minimum absolute atomic E-state index is 0.171. The van der Waals surface area contributed by atoms with E-state index in [1.165, 1.54) is 11.3 Å². The zero-order valence-electron chi connectivity index (χ0n) is 9.49. The maximum Gasteiger partial charge on any atom is 0.307 e. The molecule has 0 aliphatic heterocycles. The predicted molar refractivity (Wildman–Crippen MR) is 70.2 cm³/mol. The number of carbonyl (C=O) groups is 2. The van der Waals surface area contributed by atoms with E-state index >= 15 is 0 Å². The van der Waals surface area contributed by atoms with Gasteiger partial charge in [0.2, 0.25) is 0 Å². The van der Waals surface area contributed by atoms with Crippen molar-refractivity contribution in [3.63, 3.8) is 0 Å². The molecule has 0 saturated carbocycles. The van der Waals surface area contributed by atoms with Gasteiger partial charge in [0, 0.05) is 11.0 Å². The Balaban J connectivity index is 2.25. The maximum absolute atomic E-state index is 11.6. The van der Waals surface area contributed by atoms with E-state index in [-0.39, 0.29) is 18.3 Å². The molecule has 0 unspecified atom stereocenters. The Labute approximate surface area is 112 Å². The fraction of sp³-hybridized carbons (Fsp3) is 0.455. The van der Waals surface area contributed by atoms with Crippen molar-refractivity contribution in [3.8, 4) is 0 Å². The van der Waals surface area contributed by atoms with Crippen LogP contribution in [-0.2, 0) is 9.53 Å². The summed E-state index contributed by atoms with van der Waals surface area (Å²) in [6, 6.07) is 1.81. The van der Waals surface area contributed by atoms with Gasteiger partial charge in [0.05, 0.1) is 13.0 Å². The summed E-state index contributed by atoms with van der Waals surface area (Å²) in [4.78, 5) is 23.4. The number of hydrogen-bond acceptors (Lipinski definition) is 4. The molecule has 0 fully saturated rings. The van der Waals surface area contributed by atoms with Crippen LogP contribution in [0.15, 0.2) is 15.9 Å². The third kappa shape index (κ3) is 4.87. The van der Waals surface area contributed by atoms with Gasteiger partial charge in [-0.3, -0.25) is 9.59 Å². The summed E-state index contributed by atoms with van der Waals surface area (Å²) < 4.78 is 5.66. The maximum atomic E-state index is 11.6. The molecule has 1 rings (SSSR count). The molecule has 94 valence electrons. The number of carbonyl (C=O) groups excluding carboxylic acids is 2. The predicted octanol–water partition coefficient (Wildman–Crippen LogP) is 2.58. The molecule has 6 heteroatoms. The molecule has 0 aliphatic rings. The van der Waals surface area contributed by atoms with E-state index in [1.807, 2.05) is 18.4 Å². The van der Waals surface area contributed by atoms with Crippen LogP contribution >= 0.6 is 27.3 Å². The van der Waals surface area contributed by atoms with E-state index in [4.69, 9.17) is 4.74 Å². The zero-order valence-corrected chi connectivity index (χ0v) is 11.9. The number of nitrogens with one attached hydrogen (secondary N) is 1. The summed E-state index contributed by atoms with van der Waals surface area (Å²) in [5.74, 6) is -0.451. The van der Waals surface area contributed by atoms with E-state index < -0.39 is 0 Å². The van der Waals surface area contributed by atoms with Crippen molar-refractivity contribution < 1.29 is 14.3 Å². The number of rotatable bonds is 6. The Hall–Kier alpha value is -0.880. The first-order chi connectivity index (χ1) is 8.15. The lowest BCUT2D eigenvalue weighted by Gasteiger charge is -2.04. The number of amides is 1. The Morgan fingerprint density at radius 2 is 2.29 bits per heavy atom. The van der Waals surface area contributed by atoms with Gasteiger partial charge in [-0.2, -0.15) is 0 Å². The Morgan fingerprint density at radius 1 is 1.53 bits per heavy atom. The standard InChI is InChI=1S/C11H14BrNO3S/c1-2-6-16-9(14)3-5-13-11(15)10-8(12)4-7-17-10/h4,7H,2-3,5-6H2,1H3,(H,13,15). The van der Waals surface area contributed by atoms with Gasteiger partial charge in [0.25, 0.3) is 5.91 Å². The first kappa shape index (κ1) is 14.2. The van der Waals surface area contributed by atoms with Crippen LogP contribution in [0.5, 0.6) is 0 Å². The Bertz CT molecular complexity index is 392. The van der Waals surface area contributed by atoms with Gasteiger partial charge in [-0.25, -0.2) is 0 Å². The van der Waals surface area contributed by atoms with Gasteiger partial charge in [-0.05, 0) is 33.8 Å². The van der Waals surface area contributed by atoms with Crippen molar-refractivity contribution in [1.82, 2.24) is 5.32 Å². The summed E-state index contributed by atoms with van der Waals surface area (Å²) >= 11 is 4.64. The summed E-state index contributed by atoms with van der Waals surface area (Å²) in [6.07, 6.45) is 1.01. The number of ether oxygens (including phenoxy) is 1. The van der Waals surface area contributed by atoms with Crippen molar-refractivity contribution in [3.05, 3.63) is 20.8 Å². The smallest absolute Gasteiger partial charge is 0.307 e. The second-order valence-corrected chi connectivity index (χ2v) is 5.09. The lowest BCUT2D eigenvalue weighted by atomic mass is 10.4. The third-order valence-corrected chi connectivity index (χ3v) is 3.74. The molecule has 1 aromatic heterocycles. The van der Waals surface area contributed by atoms with Crippen LogP contribution in [0.4, 0.5) is 0 Å². The van der Waals surface area contributed by atoms with Gasteiger partial charge < -0.3 is 10.1 Å². The molecule has 0 bridgehead atoms. The zero-order chi connectivity index (χ0) is 12.7. The molecule has 0 spiro atoms. The van der Waals surface area contributed by atoms with Crippen LogP contribution in [0.2, 0.25) is 0 Å². The van der Waals surface area contributed by atoms with E-state index in [2.05, 4.69) is 21.2 Å². The second kappa shape index (κ2) is 7.45. The number of hydrogen-bond donors (Lipinski definition) is 1. The van der Waals surface area contributed by atoms with E-state index in [0.717, 1.165) is 10.9 Å². The lowest BCUT2D eigenvalue weighted by Crippen LogP contribution is -2.26. The molecule has 1 N–H and O–H groups in total. The number of halogens is 1. The normalized spacial score (nSPS) is 10.0. The second-order valence-electron chi connectivity index (χ2n) is 3.32. The Morgan fingerprint density at radius 3 is 2.88 bits per heavy atom. The molecule has 4 nitrogen and oxygen atoms in total. The molecule has 1 amide bonds. The number of thiophene rings is 1. The molecular formula is C11H14BrNO3S. The molecule has 17 heavy (non-hydrogen) atoms. The minimum Gasteiger partial charge on any atom is -0.466 e. The largest absolute Gasteiger partial charge is 0.466 e. The molecule has 1 heterocycles. The van der Waals surface area contributed by atoms with E-state index in [1.54, 1.807) is 0 Å². The summed E-state index contributed by atoms with van der Waals surface area (Å²) in [5.41, 5.74) is 0. The molecule has 0 aliphatic carbocycles. The van der Waals surface area contributed by atoms with Gasteiger partial charge in [0.1, 0.15) is 4.88 Å². The monoisotopic (exact) mass is 319 g/mol. The molecule has 1 aromatic rings. The minimum atomic E-state index is -0.280. The van der Waals surface area contributed by atoms with E-state index in [9.17, 15) is 9.59 Å². The van der Waals surface area contributed by atoms with Crippen LogP contribution in [-0.4, -0.2) is 25.0 Å². The van der Waals surface area contributed by atoms with Crippen LogP contribution in [0.3, 0.4) is 0 Å². The van der Waals surface area contributed by atoms with Crippen molar-refractivity contribution in [2.75, 3.05) is 13.2 Å². The van der Waals surface area contributed by atoms with Crippen molar-refractivity contribution >= 4 is 39.1 Å². The van der Waals surface area contributed by atoms with Gasteiger partial charge in [-0.1, -0.05) is 6.92 Å². The van der Waals surface area contributed by atoms with Crippen LogP contribution in [0.25, 0.3) is 0 Å². The molecule has 0 aromatic carbocycles. The SMILES string of the molecule is CCCOC(=O)CCNC(=O)c1sccc1Br. The van der Waals surface area contributed by atoms with E-state index in [0.29, 0.717) is 18.0 Å². The van der Waals surface area contributed by atoms with Crippen molar-refractivity contribution in [2.45, 2.75) is 19.8 Å². The number of esters is 1. The van der Waals surface area contributed by atoms with Gasteiger partial charge >= 0.3 is 5.97 Å². The highest BCUT2D eigenvalue weighted by molar-refractivity contribution is 9.10. The van der Waals surface area contributed by atoms with Crippen LogP contribution in [0, 0.1) is 0 Å². The fourth-order valence-electron chi connectivity index (χ4n) is 1.10. The quantitative estimate of drug-likeness (QED) is 0.820. The molecule has 0 saturated heterocycles. The first-order valence-corrected chi connectivity index (χ1v) is 6.99. The van der Waals surface area contributed by atoms with Crippen LogP contribution < -0.4 is 5.32 Å². The average molecular weight is 320 g/mol. The van der Waals surface area contributed by atoms with Crippen molar-refractivity contribution in [1.29, 1.82) is 0 Å². The lowest BCUT2D eigenvalue weighted by molar-refractivity contribution is -0.143. The highest BCUT2D eigenvalue weighted by Gasteiger charge is 2.11. The summed E-state index contributed by atoms with van der Waals surface area (Å²) in [7, 11) is 0. The molecular weight excluding hydrogens is 306 g/mol. The molecule has 0 atom stereocenters. The topological polar surface area (TPSA) is 55.4 Å². The average Bonchev–Trinajstić information content (AvgIpc) is 2.72. The van der Waals surface area contributed by atoms with Crippen LogP contribution in [0.1, 0.15) is 29.4 Å². The van der Waals surface area contributed by atoms with Gasteiger partial charge in [0.15, 0.2) is 0 Å². The summed E-state index contributed by atoms with van der Waals surface area (Å²) in [5, 5.41) is 4.50. The third-order valence-electron chi connectivity index (χ3n) is 1.91. The fourth-order valence-corrected chi connectivity index (χ4v) is 2.57. The molecule has 0 radical (unpaired) electrons. The van der Waals surface area contributed by atoms with Gasteiger partial charge in [-0.15, -0.1) is 11.3 Å². The Kier molecular flexibility index (Phi) is 6.21. The first-order valence-electron chi connectivity index (χ1n) is 5.32. The van der Waals surface area contributed by atoms with Crippen molar-refractivity contribution in [2.24, 2.45) is 0 Å². The summed E-state index contributed by atoms with van der Waals surface area (Å²) in [6.45, 7) is 2.67. The highest BCUT2D eigenvalue weighted by atomic mass is 79.9. The highest BCUT2D eigenvalue weighted by Crippen LogP contribution is 2.22.